The summed E-state index contributed by atoms with van der Waals surface area (Å²) < 4.78 is 6.89. The van der Waals surface area contributed by atoms with Gasteiger partial charge in [0, 0.05) is 5.69 Å². The summed E-state index contributed by atoms with van der Waals surface area (Å²) in [6.45, 7) is 7.42. The first kappa shape index (κ1) is 18.4. The molecule has 0 aliphatic heterocycles. The molecule has 0 fully saturated rings. The number of nitrogen functional groups attached to an aromatic ring is 1. The van der Waals surface area contributed by atoms with Crippen LogP contribution in [0.15, 0.2) is 84.9 Å². The summed E-state index contributed by atoms with van der Waals surface area (Å²) >= 11 is 0. The van der Waals surface area contributed by atoms with Crippen molar-refractivity contribution in [1.82, 2.24) is 0 Å². The summed E-state index contributed by atoms with van der Waals surface area (Å²) in [5.74, 6) is 0. The minimum absolute atomic E-state index is 0.0178. The molecule has 0 saturated heterocycles. The maximum absolute atomic E-state index is 6.89. The lowest BCUT2D eigenvalue weighted by molar-refractivity contribution is 0.286. The maximum atomic E-state index is 6.89. The summed E-state index contributed by atoms with van der Waals surface area (Å²) in [5, 5.41) is 2.57. The molecule has 0 aromatic heterocycles. The van der Waals surface area contributed by atoms with Crippen molar-refractivity contribution >= 4 is 24.4 Å². The molecule has 26 heavy (non-hydrogen) atoms. The fraction of sp³-hybridized carbons (Fsp3) is 0.217. The van der Waals surface area contributed by atoms with Crippen molar-refractivity contribution in [3.8, 4) is 0 Å². The summed E-state index contributed by atoms with van der Waals surface area (Å²) in [6.07, 6.45) is 0. The number of rotatable bonds is 5. The first-order valence-electron chi connectivity index (χ1n) is 9.03. The van der Waals surface area contributed by atoms with Crippen LogP contribution < -0.4 is 16.1 Å². The molecular weight excluding hydrogens is 334 g/mol. The van der Waals surface area contributed by atoms with Gasteiger partial charge in [0.1, 0.15) is 0 Å². The molecule has 0 saturated carbocycles. The number of hydrogen-bond acceptors (Lipinski definition) is 2. The van der Waals surface area contributed by atoms with E-state index in [4.69, 9.17) is 10.2 Å². The van der Waals surface area contributed by atoms with Gasteiger partial charge in [0.25, 0.3) is 8.32 Å². The molecule has 0 heterocycles. The molecule has 3 aromatic rings. The predicted octanol–water partition coefficient (Wildman–Crippen LogP) is 4.35. The van der Waals surface area contributed by atoms with Crippen molar-refractivity contribution in [3.63, 3.8) is 0 Å². The molecule has 0 bridgehead atoms. The van der Waals surface area contributed by atoms with Crippen LogP contribution in [-0.2, 0) is 11.0 Å². The third-order valence-electron chi connectivity index (χ3n) is 4.82. The normalized spacial score (nSPS) is 12.1. The minimum atomic E-state index is -2.49. The van der Waals surface area contributed by atoms with E-state index in [1.54, 1.807) is 0 Å². The molecule has 3 rings (SSSR count). The van der Waals surface area contributed by atoms with Gasteiger partial charge in [0.15, 0.2) is 0 Å². The molecule has 3 heteroatoms. The summed E-state index contributed by atoms with van der Waals surface area (Å²) in [7, 11) is -2.49. The van der Waals surface area contributed by atoms with Gasteiger partial charge in [-0.3, -0.25) is 0 Å². The van der Waals surface area contributed by atoms with E-state index in [1.807, 2.05) is 18.2 Å². The third-order valence-corrected chi connectivity index (χ3v) is 9.81. The third kappa shape index (κ3) is 3.59. The van der Waals surface area contributed by atoms with Gasteiger partial charge >= 0.3 is 0 Å². The Morgan fingerprint density at radius 1 is 0.769 bits per heavy atom. The Kier molecular flexibility index (Phi) is 5.30. The molecule has 2 N–H and O–H groups in total. The number of benzene rings is 3. The van der Waals surface area contributed by atoms with Crippen LogP contribution in [-0.4, -0.2) is 8.32 Å². The fourth-order valence-electron chi connectivity index (χ4n) is 3.64. The molecule has 0 radical (unpaired) electrons. The molecule has 3 aromatic carbocycles. The van der Waals surface area contributed by atoms with Crippen molar-refractivity contribution in [2.24, 2.45) is 0 Å². The Morgan fingerprint density at radius 3 is 1.77 bits per heavy atom. The van der Waals surface area contributed by atoms with E-state index in [2.05, 4.69) is 87.5 Å². The standard InChI is InChI=1S/C23H27NOSi/c1-23(2,3)26(21-13-6-4-7-14-21,22-15-8-5-9-16-22)25-18-19-11-10-12-20(24)17-19/h4-17H,18,24H2,1-3H3. The zero-order valence-electron chi connectivity index (χ0n) is 15.8. The fourth-order valence-corrected chi connectivity index (χ4v) is 8.17. The quantitative estimate of drug-likeness (QED) is 0.542. The zero-order valence-corrected chi connectivity index (χ0v) is 16.8. The second-order valence-corrected chi connectivity index (χ2v) is 12.0. The zero-order chi connectivity index (χ0) is 18.6. The highest BCUT2D eigenvalue weighted by atomic mass is 28.4. The van der Waals surface area contributed by atoms with E-state index in [9.17, 15) is 0 Å². The van der Waals surface area contributed by atoms with Gasteiger partial charge in [-0.1, -0.05) is 93.6 Å². The van der Waals surface area contributed by atoms with E-state index in [-0.39, 0.29) is 5.04 Å². The monoisotopic (exact) mass is 361 g/mol. The molecule has 0 aliphatic rings. The predicted molar refractivity (Wildman–Crippen MR) is 113 cm³/mol. The van der Waals surface area contributed by atoms with Crippen molar-refractivity contribution in [2.75, 3.05) is 5.73 Å². The second kappa shape index (κ2) is 7.48. The van der Waals surface area contributed by atoms with Gasteiger partial charge in [-0.2, -0.15) is 0 Å². The Hall–Kier alpha value is -2.36. The second-order valence-electron chi connectivity index (χ2n) is 7.70. The van der Waals surface area contributed by atoms with Crippen LogP contribution in [0.25, 0.3) is 0 Å². The highest BCUT2D eigenvalue weighted by Crippen LogP contribution is 2.37. The van der Waals surface area contributed by atoms with Crippen LogP contribution in [0.4, 0.5) is 5.69 Å². The van der Waals surface area contributed by atoms with Gasteiger partial charge in [0.05, 0.1) is 6.61 Å². The van der Waals surface area contributed by atoms with Gasteiger partial charge in [-0.05, 0) is 33.1 Å². The Bertz CT molecular complexity index is 801. The molecule has 0 amide bonds. The van der Waals surface area contributed by atoms with Crippen LogP contribution in [0.3, 0.4) is 0 Å². The maximum Gasteiger partial charge on any atom is 0.261 e. The summed E-state index contributed by atoms with van der Waals surface area (Å²) in [5.41, 5.74) is 7.84. The molecule has 0 spiro atoms. The average molecular weight is 362 g/mol. The molecular formula is C23H27NOSi. The first-order valence-corrected chi connectivity index (χ1v) is 10.9. The van der Waals surface area contributed by atoms with Gasteiger partial charge in [-0.15, -0.1) is 0 Å². The van der Waals surface area contributed by atoms with Crippen LogP contribution in [0.1, 0.15) is 26.3 Å². The molecule has 2 nitrogen and oxygen atoms in total. The van der Waals surface area contributed by atoms with E-state index < -0.39 is 8.32 Å². The lowest BCUT2D eigenvalue weighted by Gasteiger charge is -2.43. The van der Waals surface area contributed by atoms with Crippen LogP contribution >= 0.6 is 0 Å². The van der Waals surface area contributed by atoms with Gasteiger partial charge < -0.3 is 10.2 Å². The molecule has 0 unspecified atom stereocenters. The van der Waals surface area contributed by atoms with Crippen molar-refractivity contribution in [1.29, 1.82) is 0 Å². The number of anilines is 1. The molecule has 0 atom stereocenters. The van der Waals surface area contributed by atoms with Gasteiger partial charge in [-0.25, -0.2) is 0 Å². The SMILES string of the molecule is CC(C)(C)[Si](OCc1cccc(N)c1)(c1ccccc1)c1ccccc1. The summed E-state index contributed by atoms with van der Waals surface area (Å²) in [4.78, 5) is 0. The Labute approximate surface area is 157 Å². The van der Waals surface area contributed by atoms with Crippen LogP contribution in [0.5, 0.6) is 0 Å². The lowest BCUT2D eigenvalue weighted by Crippen LogP contribution is -2.66. The van der Waals surface area contributed by atoms with Crippen LogP contribution in [0, 0.1) is 0 Å². The van der Waals surface area contributed by atoms with Crippen LogP contribution in [0.2, 0.25) is 5.04 Å². The minimum Gasteiger partial charge on any atom is -0.403 e. The highest BCUT2D eigenvalue weighted by molar-refractivity contribution is 6.99. The number of hydrogen-bond donors (Lipinski definition) is 1. The summed E-state index contributed by atoms with van der Waals surface area (Å²) in [6, 6.07) is 29.4. The smallest absolute Gasteiger partial charge is 0.261 e. The lowest BCUT2D eigenvalue weighted by atomic mass is 10.2. The first-order chi connectivity index (χ1) is 12.4. The van der Waals surface area contributed by atoms with E-state index >= 15 is 0 Å². The van der Waals surface area contributed by atoms with Crippen molar-refractivity contribution in [3.05, 3.63) is 90.5 Å². The van der Waals surface area contributed by atoms with E-state index in [0.29, 0.717) is 6.61 Å². The molecule has 0 aliphatic carbocycles. The average Bonchev–Trinajstić information content (AvgIpc) is 2.63. The van der Waals surface area contributed by atoms with E-state index in [1.165, 1.54) is 10.4 Å². The number of nitrogens with two attached hydrogens (primary N) is 1. The Balaban J connectivity index is 2.11. The van der Waals surface area contributed by atoms with Crippen molar-refractivity contribution in [2.45, 2.75) is 32.4 Å². The Morgan fingerprint density at radius 2 is 1.31 bits per heavy atom. The molecule has 134 valence electrons. The van der Waals surface area contributed by atoms with Crippen molar-refractivity contribution < 1.29 is 4.43 Å². The van der Waals surface area contributed by atoms with E-state index in [0.717, 1.165) is 11.3 Å². The van der Waals surface area contributed by atoms with Gasteiger partial charge in [0.2, 0.25) is 0 Å². The largest absolute Gasteiger partial charge is 0.403 e. The highest BCUT2D eigenvalue weighted by Gasteiger charge is 2.50. The topological polar surface area (TPSA) is 35.2 Å².